The third-order valence-corrected chi connectivity index (χ3v) is 4.11. The smallest absolute Gasteiger partial charge is 0.366 e. The van der Waals surface area contributed by atoms with Crippen LogP contribution in [-0.2, 0) is 16.1 Å². The average Bonchev–Trinajstić information content (AvgIpc) is 2.58. The van der Waals surface area contributed by atoms with E-state index in [2.05, 4.69) is 0 Å². The van der Waals surface area contributed by atoms with Gasteiger partial charge in [-0.2, -0.15) is 13.2 Å². The monoisotopic (exact) mass is 344 g/mol. The maximum atomic E-state index is 12.7. The molecule has 1 atom stereocenters. The number of halogens is 3. The highest BCUT2D eigenvalue weighted by Crippen LogP contribution is 2.25. The molecule has 1 heterocycles. The molecule has 0 unspecified atom stereocenters. The number of alkyl halides is 3. The zero-order valence-electron chi connectivity index (χ0n) is 13.8. The van der Waals surface area contributed by atoms with Gasteiger partial charge in [-0.25, -0.2) is 0 Å². The molecular formula is C17H23F3N2O2. The Kier molecular flexibility index (Phi) is 6.62. The number of nitrogens with zero attached hydrogens (tertiary/aromatic N) is 2. The van der Waals surface area contributed by atoms with Crippen molar-refractivity contribution in [3.8, 4) is 0 Å². The number of hydrogen-bond donors (Lipinski definition) is 0. The van der Waals surface area contributed by atoms with Crippen LogP contribution in [0.25, 0.3) is 0 Å². The molecule has 1 aliphatic heterocycles. The largest absolute Gasteiger partial charge is 0.415 e. The lowest BCUT2D eigenvalue weighted by Crippen LogP contribution is -2.49. The number of benzene rings is 1. The lowest BCUT2D eigenvalue weighted by atomic mass is 10.2. The maximum Gasteiger partial charge on any atom is 0.415 e. The first kappa shape index (κ1) is 18.7. The molecule has 0 saturated carbocycles. The van der Waals surface area contributed by atoms with Crippen LogP contribution >= 0.6 is 0 Å². The zero-order valence-corrected chi connectivity index (χ0v) is 13.8. The Morgan fingerprint density at radius 1 is 1.33 bits per heavy atom. The summed E-state index contributed by atoms with van der Waals surface area (Å²) in [5.74, 6) is -0.0450. The number of hydrogen-bond acceptors (Lipinski definition) is 3. The van der Waals surface area contributed by atoms with Crippen LogP contribution < -0.4 is 0 Å². The lowest BCUT2D eigenvalue weighted by molar-refractivity contribution is -0.237. The number of carbonyl (C=O) groups is 1. The highest BCUT2D eigenvalue weighted by molar-refractivity contribution is 5.76. The first-order valence-corrected chi connectivity index (χ1v) is 8.12. The van der Waals surface area contributed by atoms with Gasteiger partial charge in [0.15, 0.2) is 6.10 Å². The van der Waals surface area contributed by atoms with Gasteiger partial charge in [-0.1, -0.05) is 30.3 Å². The number of carbonyl (C=O) groups excluding carboxylic acids is 1. The third kappa shape index (κ3) is 5.49. The van der Waals surface area contributed by atoms with Crippen molar-refractivity contribution in [1.29, 1.82) is 0 Å². The summed E-state index contributed by atoms with van der Waals surface area (Å²) in [6, 6.07) is 9.64. The number of rotatable bonds is 6. The van der Waals surface area contributed by atoms with E-state index in [0.29, 0.717) is 26.2 Å². The van der Waals surface area contributed by atoms with Crippen molar-refractivity contribution in [2.45, 2.75) is 32.2 Å². The summed E-state index contributed by atoms with van der Waals surface area (Å²) >= 11 is 0. The molecule has 0 aromatic heterocycles. The van der Waals surface area contributed by atoms with E-state index in [0.717, 1.165) is 5.56 Å². The van der Waals surface area contributed by atoms with Gasteiger partial charge in [-0.05, 0) is 12.5 Å². The van der Waals surface area contributed by atoms with E-state index in [1.807, 2.05) is 37.3 Å². The van der Waals surface area contributed by atoms with Crippen LogP contribution in [0.15, 0.2) is 30.3 Å². The fourth-order valence-electron chi connectivity index (χ4n) is 2.70. The average molecular weight is 344 g/mol. The summed E-state index contributed by atoms with van der Waals surface area (Å²) < 4.78 is 42.9. The van der Waals surface area contributed by atoms with Gasteiger partial charge in [0.05, 0.1) is 6.61 Å². The summed E-state index contributed by atoms with van der Waals surface area (Å²) in [6.45, 7) is 3.56. The second-order valence-corrected chi connectivity index (χ2v) is 5.85. The SMILES string of the molecule is CCN(Cc1ccccc1)C(=O)CCN1CCO[C@H](C(F)(F)F)C1. The van der Waals surface area contributed by atoms with Gasteiger partial charge in [-0.15, -0.1) is 0 Å². The maximum absolute atomic E-state index is 12.7. The molecule has 1 amide bonds. The van der Waals surface area contributed by atoms with Crippen LogP contribution in [0.3, 0.4) is 0 Å². The van der Waals surface area contributed by atoms with Crippen molar-refractivity contribution in [2.24, 2.45) is 0 Å². The van der Waals surface area contributed by atoms with Gasteiger partial charge in [-0.3, -0.25) is 9.69 Å². The summed E-state index contributed by atoms with van der Waals surface area (Å²) in [6.07, 6.45) is -5.90. The molecule has 0 bridgehead atoms. The van der Waals surface area contributed by atoms with Crippen molar-refractivity contribution in [2.75, 3.05) is 32.8 Å². The molecule has 1 saturated heterocycles. The summed E-state index contributed by atoms with van der Waals surface area (Å²) in [4.78, 5) is 15.7. The van der Waals surface area contributed by atoms with Gasteiger partial charge in [0, 0.05) is 39.1 Å². The van der Waals surface area contributed by atoms with E-state index >= 15 is 0 Å². The minimum atomic E-state index is -4.36. The van der Waals surface area contributed by atoms with Crippen molar-refractivity contribution in [3.05, 3.63) is 35.9 Å². The number of ether oxygens (including phenoxy) is 1. The Labute approximate surface area is 140 Å². The molecule has 1 aliphatic rings. The van der Waals surface area contributed by atoms with Gasteiger partial charge >= 0.3 is 6.18 Å². The highest BCUT2D eigenvalue weighted by Gasteiger charge is 2.43. The molecule has 0 aliphatic carbocycles. The summed E-state index contributed by atoms with van der Waals surface area (Å²) in [5, 5.41) is 0. The fraction of sp³-hybridized carbons (Fsp3) is 0.588. The van der Waals surface area contributed by atoms with E-state index < -0.39 is 12.3 Å². The normalized spacial score (nSPS) is 19.2. The lowest BCUT2D eigenvalue weighted by Gasteiger charge is -2.34. The van der Waals surface area contributed by atoms with Crippen molar-refractivity contribution >= 4 is 5.91 Å². The van der Waals surface area contributed by atoms with Crippen molar-refractivity contribution < 1.29 is 22.7 Å². The quantitative estimate of drug-likeness (QED) is 0.795. The topological polar surface area (TPSA) is 32.8 Å². The Hall–Kier alpha value is -1.60. The Morgan fingerprint density at radius 3 is 2.67 bits per heavy atom. The molecule has 7 heteroatoms. The summed E-state index contributed by atoms with van der Waals surface area (Å²) in [7, 11) is 0. The first-order chi connectivity index (χ1) is 11.4. The Bertz CT molecular complexity index is 522. The second kappa shape index (κ2) is 8.48. The zero-order chi connectivity index (χ0) is 17.6. The van der Waals surface area contributed by atoms with Gasteiger partial charge in [0.2, 0.25) is 5.91 Å². The predicted octanol–water partition coefficient (Wildman–Crippen LogP) is 2.69. The molecule has 0 radical (unpaired) electrons. The molecule has 1 fully saturated rings. The fourth-order valence-corrected chi connectivity index (χ4v) is 2.70. The van der Waals surface area contributed by atoms with Gasteiger partial charge < -0.3 is 9.64 Å². The van der Waals surface area contributed by atoms with E-state index in [1.165, 1.54) is 0 Å². The molecular weight excluding hydrogens is 321 g/mol. The first-order valence-electron chi connectivity index (χ1n) is 8.12. The van der Waals surface area contributed by atoms with E-state index in [-0.39, 0.29) is 25.5 Å². The standard InChI is InChI=1S/C17H23F3N2O2/c1-2-22(12-14-6-4-3-5-7-14)16(23)8-9-21-10-11-24-15(13-21)17(18,19)20/h3-7,15H,2,8-13H2,1H3/t15-/m0/s1. The van der Waals surface area contributed by atoms with Crippen LogP contribution in [-0.4, -0.2) is 60.8 Å². The van der Waals surface area contributed by atoms with Gasteiger partial charge in [0.25, 0.3) is 0 Å². The highest BCUT2D eigenvalue weighted by atomic mass is 19.4. The van der Waals surface area contributed by atoms with Crippen molar-refractivity contribution in [1.82, 2.24) is 9.80 Å². The molecule has 24 heavy (non-hydrogen) atoms. The second-order valence-electron chi connectivity index (χ2n) is 5.85. The Balaban J connectivity index is 1.82. The third-order valence-electron chi connectivity index (χ3n) is 4.11. The molecule has 2 rings (SSSR count). The molecule has 0 N–H and O–H groups in total. The van der Waals surface area contributed by atoms with Crippen LogP contribution in [0.1, 0.15) is 18.9 Å². The van der Waals surface area contributed by atoms with E-state index in [9.17, 15) is 18.0 Å². The number of morpholine rings is 1. The minimum Gasteiger partial charge on any atom is -0.366 e. The molecule has 1 aromatic carbocycles. The van der Waals surface area contributed by atoms with Crippen LogP contribution in [0.2, 0.25) is 0 Å². The van der Waals surface area contributed by atoms with Gasteiger partial charge in [0.1, 0.15) is 0 Å². The predicted molar refractivity (Wildman–Crippen MR) is 84.4 cm³/mol. The van der Waals surface area contributed by atoms with E-state index in [4.69, 9.17) is 4.74 Å². The number of amides is 1. The summed E-state index contributed by atoms with van der Waals surface area (Å²) in [5.41, 5.74) is 1.04. The Morgan fingerprint density at radius 2 is 2.04 bits per heavy atom. The molecule has 1 aromatic rings. The molecule has 0 spiro atoms. The molecule has 134 valence electrons. The van der Waals surface area contributed by atoms with Crippen LogP contribution in [0, 0.1) is 0 Å². The van der Waals surface area contributed by atoms with Crippen LogP contribution in [0.4, 0.5) is 13.2 Å². The van der Waals surface area contributed by atoms with E-state index in [1.54, 1.807) is 9.80 Å². The minimum absolute atomic E-state index is 0.0415. The van der Waals surface area contributed by atoms with Crippen LogP contribution in [0.5, 0.6) is 0 Å². The molecule has 4 nitrogen and oxygen atoms in total. The van der Waals surface area contributed by atoms with Crippen molar-refractivity contribution in [3.63, 3.8) is 0 Å².